The van der Waals surface area contributed by atoms with E-state index in [0.29, 0.717) is 31.7 Å². The second-order valence-electron chi connectivity index (χ2n) is 7.44. The molecule has 2 saturated heterocycles. The predicted molar refractivity (Wildman–Crippen MR) is 94.1 cm³/mol. The van der Waals surface area contributed by atoms with Crippen LogP contribution in [0.1, 0.15) is 52.9 Å². The van der Waals surface area contributed by atoms with Gasteiger partial charge in [-0.2, -0.15) is 0 Å². The molecule has 2 aliphatic rings. The van der Waals surface area contributed by atoms with Crippen molar-refractivity contribution in [3.05, 3.63) is 0 Å². The molecule has 6 heteroatoms. The van der Waals surface area contributed by atoms with Crippen molar-refractivity contribution in [2.75, 3.05) is 38.5 Å². The molecule has 2 atom stereocenters. The molecule has 0 spiro atoms. The first-order valence-electron chi connectivity index (χ1n) is 9.22. The Balaban J connectivity index is 1.84. The van der Waals surface area contributed by atoms with Crippen molar-refractivity contribution in [2.24, 2.45) is 5.92 Å². The fourth-order valence-corrected chi connectivity index (χ4v) is 5.12. The first-order valence-corrected chi connectivity index (χ1v) is 10.8. The number of hydrogen-bond donors (Lipinski definition) is 0. The van der Waals surface area contributed by atoms with Gasteiger partial charge in [0.1, 0.15) is 0 Å². The van der Waals surface area contributed by atoms with E-state index >= 15 is 0 Å². The zero-order chi connectivity index (χ0) is 16.9. The van der Waals surface area contributed by atoms with Crippen LogP contribution in [0.5, 0.6) is 0 Å². The topological polar surface area (TPSA) is 49.9 Å². The Kier molecular flexibility index (Phi) is 7.32. The first-order chi connectivity index (χ1) is 10.9. The highest BCUT2D eigenvalue weighted by Gasteiger charge is 2.30. The predicted octanol–water partition coefficient (Wildman–Crippen LogP) is 2.33. The van der Waals surface area contributed by atoms with E-state index in [-0.39, 0.29) is 11.9 Å². The maximum atomic E-state index is 12.5. The smallest absolute Gasteiger partial charge is 0.216 e. The van der Waals surface area contributed by atoms with Gasteiger partial charge in [-0.15, -0.1) is 0 Å². The number of likely N-dealkylation sites (tertiary alicyclic amines) is 1. The Morgan fingerprint density at radius 1 is 1.13 bits per heavy atom. The maximum absolute atomic E-state index is 12.5. The van der Waals surface area contributed by atoms with Crippen molar-refractivity contribution in [2.45, 2.75) is 65.0 Å². The minimum absolute atomic E-state index is 0.0832. The Labute approximate surface area is 142 Å². The summed E-state index contributed by atoms with van der Waals surface area (Å²) < 4.78 is 32.1. The van der Waals surface area contributed by atoms with E-state index in [9.17, 15) is 8.42 Å². The van der Waals surface area contributed by atoms with E-state index < -0.39 is 10.0 Å². The average Bonchev–Trinajstić information content (AvgIpc) is 2.49. The van der Waals surface area contributed by atoms with Gasteiger partial charge in [-0.25, -0.2) is 12.7 Å². The average molecular weight is 347 g/mol. The molecule has 5 nitrogen and oxygen atoms in total. The van der Waals surface area contributed by atoms with Crippen molar-refractivity contribution in [1.29, 1.82) is 0 Å². The van der Waals surface area contributed by atoms with Crippen molar-refractivity contribution < 1.29 is 13.2 Å². The molecule has 0 saturated carbocycles. The molecule has 2 unspecified atom stereocenters. The third-order valence-electron chi connectivity index (χ3n) is 5.10. The number of piperidine rings is 2. The number of hydrogen-bond acceptors (Lipinski definition) is 4. The minimum Gasteiger partial charge on any atom is -0.378 e. The van der Waals surface area contributed by atoms with Crippen molar-refractivity contribution >= 4 is 10.0 Å². The van der Waals surface area contributed by atoms with Crippen LogP contribution in [0.3, 0.4) is 0 Å². The molecule has 0 aliphatic carbocycles. The monoisotopic (exact) mass is 346 g/mol. The molecule has 136 valence electrons. The summed E-state index contributed by atoms with van der Waals surface area (Å²) in [6, 6.07) is 0.648. The standard InChI is InChI=1S/C17H34N2O3S/c1-15(2)22-11-12-23(20,21)19-10-6-8-17(14-19)13-18-9-5-4-7-16(18)3/h15-17H,4-14H2,1-3H3. The molecule has 23 heavy (non-hydrogen) atoms. The van der Waals surface area contributed by atoms with Crippen LogP contribution in [0.4, 0.5) is 0 Å². The van der Waals surface area contributed by atoms with Crippen molar-refractivity contribution in [3.8, 4) is 0 Å². The summed E-state index contributed by atoms with van der Waals surface area (Å²) in [7, 11) is -3.18. The van der Waals surface area contributed by atoms with Crippen LogP contribution in [-0.4, -0.2) is 68.3 Å². The summed E-state index contributed by atoms with van der Waals surface area (Å²) in [4.78, 5) is 2.56. The largest absolute Gasteiger partial charge is 0.378 e. The normalized spacial score (nSPS) is 28.3. The Morgan fingerprint density at radius 3 is 2.61 bits per heavy atom. The van der Waals surface area contributed by atoms with Crippen LogP contribution in [0.15, 0.2) is 0 Å². The molecule has 0 bridgehead atoms. The summed E-state index contributed by atoms with van der Waals surface area (Å²) in [5.41, 5.74) is 0. The molecular weight excluding hydrogens is 312 g/mol. The van der Waals surface area contributed by atoms with E-state index in [2.05, 4.69) is 11.8 Å². The number of rotatable bonds is 7. The Bertz CT molecular complexity index is 453. The molecular formula is C17H34N2O3S. The fraction of sp³-hybridized carbons (Fsp3) is 1.00. The van der Waals surface area contributed by atoms with Gasteiger partial charge in [-0.05, 0) is 58.9 Å². The van der Waals surface area contributed by atoms with Crippen LogP contribution in [0, 0.1) is 5.92 Å². The maximum Gasteiger partial charge on any atom is 0.216 e. The van der Waals surface area contributed by atoms with Crippen LogP contribution in [0.25, 0.3) is 0 Å². The van der Waals surface area contributed by atoms with Gasteiger partial charge in [0.2, 0.25) is 10.0 Å². The van der Waals surface area contributed by atoms with E-state index in [4.69, 9.17) is 4.74 Å². The fourth-order valence-electron chi connectivity index (χ4n) is 3.71. The third-order valence-corrected chi connectivity index (χ3v) is 6.90. The molecule has 0 aromatic heterocycles. The van der Waals surface area contributed by atoms with Crippen molar-refractivity contribution in [1.82, 2.24) is 9.21 Å². The van der Waals surface area contributed by atoms with Gasteiger partial charge >= 0.3 is 0 Å². The van der Waals surface area contributed by atoms with Crippen LogP contribution >= 0.6 is 0 Å². The lowest BCUT2D eigenvalue weighted by Crippen LogP contribution is -2.47. The third kappa shape index (κ3) is 6.00. The zero-order valence-electron chi connectivity index (χ0n) is 15.0. The number of nitrogens with zero attached hydrogens (tertiary/aromatic N) is 2. The van der Waals surface area contributed by atoms with E-state index in [0.717, 1.165) is 19.4 Å². The Morgan fingerprint density at radius 2 is 1.91 bits per heavy atom. The first kappa shape index (κ1) is 19.2. The van der Waals surface area contributed by atoms with Gasteiger partial charge in [0.05, 0.1) is 18.5 Å². The lowest BCUT2D eigenvalue weighted by atomic mass is 9.96. The van der Waals surface area contributed by atoms with Gasteiger partial charge in [0.25, 0.3) is 0 Å². The summed E-state index contributed by atoms with van der Waals surface area (Å²) >= 11 is 0. The quantitative estimate of drug-likeness (QED) is 0.710. The van der Waals surface area contributed by atoms with Gasteiger partial charge in [-0.1, -0.05) is 6.42 Å². The molecule has 0 amide bonds. The van der Waals surface area contributed by atoms with Gasteiger partial charge in [0.15, 0.2) is 0 Å². The summed E-state index contributed by atoms with van der Waals surface area (Å²) in [6.45, 7) is 10.1. The lowest BCUT2D eigenvalue weighted by molar-refractivity contribution is 0.0898. The second kappa shape index (κ2) is 8.79. The van der Waals surface area contributed by atoms with Gasteiger partial charge < -0.3 is 9.64 Å². The zero-order valence-corrected chi connectivity index (χ0v) is 15.9. The highest BCUT2D eigenvalue weighted by atomic mass is 32.2. The molecule has 2 aliphatic heterocycles. The summed E-state index contributed by atoms with van der Waals surface area (Å²) in [5.74, 6) is 0.586. The van der Waals surface area contributed by atoms with Crippen LogP contribution < -0.4 is 0 Å². The number of ether oxygens (including phenoxy) is 1. The SMILES string of the molecule is CC(C)OCCS(=O)(=O)N1CCCC(CN2CCCCC2C)C1. The van der Waals surface area contributed by atoms with E-state index in [1.165, 1.54) is 25.8 Å². The molecule has 0 aromatic rings. The lowest BCUT2D eigenvalue weighted by Gasteiger charge is -2.39. The highest BCUT2D eigenvalue weighted by Crippen LogP contribution is 2.24. The summed E-state index contributed by atoms with van der Waals surface area (Å²) in [6.07, 6.45) is 6.11. The van der Waals surface area contributed by atoms with E-state index in [1.807, 2.05) is 13.8 Å². The molecule has 0 N–H and O–H groups in total. The molecule has 2 heterocycles. The Hall–Kier alpha value is -0.170. The van der Waals surface area contributed by atoms with Gasteiger partial charge in [0, 0.05) is 25.7 Å². The molecule has 0 radical (unpaired) electrons. The second-order valence-corrected chi connectivity index (χ2v) is 9.53. The highest BCUT2D eigenvalue weighted by molar-refractivity contribution is 7.89. The molecule has 2 fully saturated rings. The van der Waals surface area contributed by atoms with Crippen molar-refractivity contribution in [3.63, 3.8) is 0 Å². The number of sulfonamides is 1. The van der Waals surface area contributed by atoms with Crippen LogP contribution in [0.2, 0.25) is 0 Å². The summed E-state index contributed by atoms with van der Waals surface area (Å²) in [5, 5.41) is 0. The minimum atomic E-state index is -3.18. The van der Waals surface area contributed by atoms with Gasteiger partial charge in [-0.3, -0.25) is 0 Å². The molecule has 2 rings (SSSR count). The van der Waals surface area contributed by atoms with E-state index in [1.54, 1.807) is 4.31 Å². The molecule has 0 aromatic carbocycles. The van der Waals surface area contributed by atoms with Crippen LogP contribution in [-0.2, 0) is 14.8 Å².